The average Bonchev–Trinajstić information content (AvgIpc) is 3.41. The van der Waals surface area contributed by atoms with Crippen LogP contribution in [0.4, 0.5) is 0 Å². The number of rotatable bonds is 5. The van der Waals surface area contributed by atoms with E-state index in [9.17, 15) is 19.8 Å². The summed E-state index contributed by atoms with van der Waals surface area (Å²) in [6.07, 6.45) is 2.31. The van der Waals surface area contributed by atoms with Crippen molar-refractivity contribution in [3.05, 3.63) is 59.4 Å². The SMILES string of the molecule is CC1(C)CCOc2c(C(=O)NC3CN4C(N)=N[C@@H](CNC(=O)c5ccccn5)C5N=C(N)NC54C3(O)O)cccc21. The van der Waals surface area contributed by atoms with E-state index in [1.165, 1.54) is 11.1 Å². The van der Waals surface area contributed by atoms with Crippen LogP contribution in [0.3, 0.4) is 0 Å². The van der Waals surface area contributed by atoms with Gasteiger partial charge >= 0.3 is 0 Å². The maximum atomic E-state index is 13.6. The monoisotopic (exact) mass is 563 g/mol. The lowest BCUT2D eigenvalue weighted by Gasteiger charge is -2.49. The Bertz CT molecular complexity index is 1460. The molecular weight excluding hydrogens is 530 g/mol. The van der Waals surface area contributed by atoms with E-state index in [4.69, 9.17) is 16.2 Å². The highest BCUT2D eigenvalue weighted by atomic mass is 16.5. The zero-order chi connectivity index (χ0) is 29.2. The zero-order valence-electron chi connectivity index (χ0n) is 22.7. The molecular formula is C27H33N9O5. The number of amides is 2. The highest BCUT2D eigenvalue weighted by Gasteiger charge is 2.73. The molecule has 1 fully saturated rings. The Balaban J connectivity index is 1.27. The van der Waals surface area contributed by atoms with Crippen LogP contribution in [0.5, 0.6) is 5.75 Å². The van der Waals surface area contributed by atoms with Gasteiger partial charge in [-0.05, 0) is 30.0 Å². The number of fused-ring (bicyclic) bond motifs is 1. The van der Waals surface area contributed by atoms with E-state index in [2.05, 4.69) is 44.8 Å². The molecule has 216 valence electrons. The lowest BCUT2D eigenvalue weighted by Crippen LogP contribution is -2.78. The molecule has 0 aliphatic carbocycles. The Morgan fingerprint density at radius 3 is 2.71 bits per heavy atom. The summed E-state index contributed by atoms with van der Waals surface area (Å²) >= 11 is 0. The normalized spacial score (nSPS) is 28.6. The van der Waals surface area contributed by atoms with Gasteiger partial charge in [-0.15, -0.1) is 0 Å². The van der Waals surface area contributed by atoms with Gasteiger partial charge in [-0.1, -0.05) is 32.0 Å². The van der Waals surface area contributed by atoms with Gasteiger partial charge < -0.3 is 47.3 Å². The molecule has 0 saturated carbocycles. The molecule has 0 radical (unpaired) electrons. The van der Waals surface area contributed by atoms with Crippen molar-refractivity contribution < 1.29 is 24.5 Å². The van der Waals surface area contributed by atoms with E-state index in [0.29, 0.717) is 12.4 Å². The Morgan fingerprint density at radius 1 is 1.15 bits per heavy atom. The number of aliphatic hydroxyl groups is 2. The minimum absolute atomic E-state index is 0.0258. The molecule has 5 heterocycles. The first-order chi connectivity index (χ1) is 19.5. The summed E-state index contributed by atoms with van der Waals surface area (Å²) in [5, 5.41) is 31.8. The van der Waals surface area contributed by atoms with E-state index in [0.717, 1.165) is 12.0 Å². The van der Waals surface area contributed by atoms with Crippen molar-refractivity contribution in [1.29, 1.82) is 0 Å². The third kappa shape index (κ3) is 4.04. The number of aromatic nitrogens is 1. The summed E-state index contributed by atoms with van der Waals surface area (Å²) in [6, 6.07) is 7.30. The second-order valence-corrected chi connectivity index (χ2v) is 11.4. The molecule has 4 aliphatic rings. The summed E-state index contributed by atoms with van der Waals surface area (Å²) in [4.78, 5) is 40.6. The van der Waals surface area contributed by atoms with Crippen LogP contribution < -0.4 is 32.2 Å². The number of guanidine groups is 2. The van der Waals surface area contributed by atoms with Crippen molar-refractivity contribution in [1.82, 2.24) is 25.8 Å². The van der Waals surface area contributed by atoms with E-state index in [1.807, 2.05) is 6.07 Å². The molecule has 4 aliphatic heterocycles. The topological polar surface area (TPSA) is 213 Å². The largest absolute Gasteiger partial charge is 0.492 e. The van der Waals surface area contributed by atoms with Crippen LogP contribution in [0.2, 0.25) is 0 Å². The standard InChI is InChI=1S/C27H33N9O5/c1-25(2)9-11-41-19-14(6-5-7-15(19)25)21(37)33-18-13-36-24(29)32-17(12-31-22(38)16-8-3-4-10-30-16)20-26(36,27(18,39)40)35-23(28)34-20/h3-8,10,17-18,20,39-40H,9,11-13H2,1-2H3,(H2,29,32)(H,31,38)(H,33,37)(H3,28,34,35)/t17-,18?,20?,26?/m0/s1. The minimum Gasteiger partial charge on any atom is -0.492 e. The Hall–Kier alpha value is -4.43. The number of para-hydroxylation sites is 1. The smallest absolute Gasteiger partial charge is 0.269 e. The van der Waals surface area contributed by atoms with E-state index in [1.54, 1.807) is 30.3 Å². The quantitative estimate of drug-likeness (QED) is 0.206. The summed E-state index contributed by atoms with van der Waals surface area (Å²) < 4.78 is 5.89. The predicted octanol–water partition coefficient (Wildman–Crippen LogP) is -1.65. The molecule has 2 aromatic rings. The Kier molecular flexibility index (Phi) is 6.08. The van der Waals surface area contributed by atoms with Gasteiger partial charge in [0.2, 0.25) is 5.79 Å². The minimum atomic E-state index is -2.61. The number of carbonyl (C=O) groups is 2. The molecule has 9 N–H and O–H groups in total. The summed E-state index contributed by atoms with van der Waals surface area (Å²) in [5.41, 5.74) is 11.9. The van der Waals surface area contributed by atoms with Crippen molar-refractivity contribution in [2.24, 2.45) is 21.5 Å². The van der Waals surface area contributed by atoms with Crippen molar-refractivity contribution in [3.8, 4) is 5.75 Å². The fourth-order valence-corrected chi connectivity index (χ4v) is 6.22. The average molecular weight is 564 g/mol. The molecule has 0 bridgehead atoms. The summed E-state index contributed by atoms with van der Waals surface area (Å²) in [5.74, 6) is -3.19. The third-order valence-electron chi connectivity index (χ3n) is 8.44. The van der Waals surface area contributed by atoms with Crippen molar-refractivity contribution in [3.63, 3.8) is 0 Å². The van der Waals surface area contributed by atoms with E-state index < -0.39 is 41.4 Å². The number of pyridine rings is 1. The molecule has 14 heteroatoms. The molecule has 1 aromatic heterocycles. The second-order valence-electron chi connectivity index (χ2n) is 11.4. The van der Waals surface area contributed by atoms with Crippen molar-refractivity contribution >= 4 is 23.7 Å². The molecule has 2 amide bonds. The van der Waals surface area contributed by atoms with Gasteiger partial charge in [-0.3, -0.25) is 14.6 Å². The third-order valence-corrected chi connectivity index (χ3v) is 8.44. The van der Waals surface area contributed by atoms with E-state index >= 15 is 0 Å². The number of nitrogens with zero attached hydrogens (tertiary/aromatic N) is 4. The van der Waals surface area contributed by atoms with Crippen LogP contribution in [0.15, 0.2) is 52.6 Å². The number of ether oxygens (including phenoxy) is 1. The maximum absolute atomic E-state index is 13.6. The van der Waals surface area contributed by atoms with Crippen LogP contribution in [-0.2, 0) is 5.41 Å². The second kappa shape index (κ2) is 9.31. The van der Waals surface area contributed by atoms with Gasteiger partial charge in [-0.25, -0.2) is 9.98 Å². The Morgan fingerprint density at radius 2 is 1.95 bits per heavy atom. The lowest BCUT2D eigenvalue weighted by atomic mass is 9.79. The van der Waals surface area contributed by atoms with Crippen LogP contribution in [0.25, 0.3) is 0 Å². The van der Waals surface area contributed by atoms with E-state index in [-0.39, 0.29) is 41.7 Å². The molecule has 41 heavy (non-hydrogen) atoms. The highest BCUT2D eigenvalue weighted by Crippen LogP contribution is 2.45. The number of carbonyl (C=O) groups excluding carboxylic acids is 2. The highest BCUT2D eigenvalue weighted by molar-refractivity contribution is 5.98. The molecule has 3 unspecified atom stereocenters. The first-order valence-corrected chi connectivity index (χ1v) is 13.4. The maximum Gasteiger partial charge on any atom is 0.269 e. The number of benzene rings is 1. The van der Waals surface area contributed by atoms with Crippen LogP contribution in [0.1, 0.15) is 46.7 Å². The van der Waals surface area contributed by atoms with Crippen molar-refractivity contribution in [2.45, 2.75) is 55.3 Å². The molecule has 6 rings (SSSR count). The number of hydrogen-bond acceptors (Lipinski definition) is 12. The molecule has 1 saturated heterocycles. The zero-order valence-corrected chi connectivity index (χ0v) is 22.7. The van der Waals surface area contributed by atoms with Gasteiger partial charge in [-0.2, -0.15) is 0 Å². The molecule has 14 nitrogen and oxygen atoms in total. The van der Waals surface area contributed by atoms with Gasteiger partial charge in [0, 0.05) is 24.8 Å². The fourth-order valence-electron chi connectivity index (χ4n) is 6.22. The summed E-state index contributed by atoms with van der Waals surface area (Å²) in [7, 11) is 0. The summed E-state index contributed by atoms with van der Waals surface area (Å²) in [6.45, 7) is 4.50. The van der Waals surface area contributed by atoms with Gasteiger partial charge in [0.25, 0.3) is 11.8 Å². The van der Waals surface area contributed by atoms with Crippen LogP contribution in [-0.4, -0.2) is 93.1 Å². The van der Waals surface area contributed by atoms with Crippen LogP contribution >= 0.6 is 0 Å². The predicted molar refractivity (Wildman–Crippen MR) is 148 cm³/mol. The lowest BCUT2D eigenvalue weighted by molar-refractivity contribution is -0.230. The molecule has 1 spiro atoms. The van der Waals surface area contributed by atoms with Gasteiger partial charge in [0.05, 0.1) is 18.2 Å². The number of nitrogens with one attached hydrogen (secondary N) is 3. The fraction of sp³-hybridized carbons (Fsp3) is 0.444. The number of nitrogens with two attached hydrogens (primary N) is 2. The first-order valence-electron chi connectivity index (χ1n) is 13.4. The molecule has 1 aromatic carbocycles. The van der Waals surface area contributed by atoms with Gasteiger partial charge in [0.1, 0.15) is 23.5 Å². The van der Waals surface area contributed by atoms with Gasteiger partial charge in [0.15, 0.2) is 17.6 Å². The number of aliphatic imine (C=N–C) groups is 2. The molecule has 4 atom stereocenters. The van der Waals surface area contributed by atoms with Crippen LogP contribution in [0, 0.1) is 0 Å². The Labute approximate surface area is 235 Å². The first kappa shape index (κ1) is 26.8. The van der Waals surface area contributed by atoms with Crippen molar-refractivity contribution in [2.75, 3.05) is 19.7 Å². The number of hydrogen-bond donors (Lipinski definition) is 7.